The van der Waals surface area contributed by atoms with Crippen molar-refractivity contribution in [2.24, 2.45) is 0 Å². The van der Waals surface area contributed by atoms with E-state index in [1.165, 1.54) is 22.3 Å². The summed E-state index contributed by atoms with van der Waals surface area (Å²) in [5, 5.41) is 7.10. The Bertz CT molecular complexity index is 1100. The average molecular weight is 454 g/mol. The molecule has 4 nitrogen and oxygen atoms in total. The lowest BCUT2D eigenvalue weighted by molar-refractivity contribution is -0.135. The third-order valence-electron chi connectivity index (χ3n) is 6.30. The van der Waals surface area contributed by atoms with Crippen molar-refractivity contribution in [1.82, 2.24) is 4.90 Å². The van der Waals surface area contributed by atoms with Gasteiger partial charge in [0.1, 0.15) is 6.04 Å². The van der Waals surface area contributed by atoms with Gasteiger partial charge in [-0.2, -0.15) is 0 Å². The number of rotatable bonds is 10. The first-order chi connectivity index (χ1) is 16.6. The summed E-state index contributed by atoms with van der Waals surface area (Å²) in [6, 6.07) is 24.9. The summed E-state index contributed by atoms with van der Waals surface area (Å²) in [6.07, 6.45) is 7.04. The molecule has 1 atom stereocenters. The zero-order valence-electron chi connectivity index (χ0n) is 20.3. The molecule has 0 aliphatic carbocycles. The maximum Gasteiger partial charge on any atom is 0.245 e. The zero-order chi connectivity index (χ0) is 23.8. The van der Waals surface area contributed by atoms with E-state index in [4.69, 9.17) is 0 Å². The van der Waals surface area contributed by atoms with Crippen molar-refractivity contribution < 1.29 is 4.79 Å². The topological polar surface area (TPSA) is 44.4 Å². The van der Waals surface area contributed by atoms with Gasteiger partial charge in [0.25, 0.3) is 0 Å². The van der Waals surface area contributed by atoms with Gasteiger partial charge in [0.2, 0.25) is 5.91 Å². The van der Waals surface area contributed by atoms with E-state index in [1.807, 2.05) is 17.0 Å². The van der Waals surface area contributed by atoms with Crippen LogP contribution in [0.15, 0.2) is 78.9 Å². The molecule has 176 valence electrons. The number of anilines is 2. The van der Waals surface area contributed by atoms with Crippen LogP contribution in [0.25, 0.3) is 6.08 Å². The summed E-state index contributed by atoms with van der Waals surface area (Å²) in [4.78, 5) is 15.2. The fraction of sp³-hybridized carbons (Fsp3) is 0.300. The molecular formula is C30H35N3O. The highest BCUT2D eigenvalue weighted by molar-refractivity contribution is 5.87. The van der Waals surface area contributed by atoms with Crippen LogP contribution in [0.1, 0.15) is 35.1 Å². The summed E-state index contributed by atoms with van der Waals surface area (Å²) in [5.74, 6) is 0.183. The number of amides is 1. The van der Waals surface area contributed by atoms with Gasteiger partial charge in [-0.05, 0) is 49.9 Å². The van der Waals surface area contributed by atoms with Gasteiger partial charge in [0, 0.05) is 26.1 Å². The molecule has 0 bridgehead atoms. The fourth-order valence-corrected chi connectivity index (χ4v) is 4.05. The minimum Gasteiger partial charge on any atom is -0.383 e. The molecule has 0 saturated carbocycles. The third kappa shape index (κ3) is 6.50. The molecule has 1 aliphatic heterocycles. The highest BCUT2D eigenvalue weighted by atomic mass is 16.2. The molecule has 2 N–H and O–H groups in total. The van der Waals surface area contributed by atoms with Gasteiger partial charge < -0.3 is 15.5 Å². The molecule has 3 aromatic rings. The van der Waals surface area contributed by atoms with Crippen LogP contribution in [0.2, 0.25) is 0 Å². The van der Waals surface area contributed by atoms with E-state index >= 15 is 0 Å². The van der Waals surface area contributed by atoms with Gasteiger partial charge in [-0.1, -0.05) is 83.9 Å². The molecule has 34 heavy (non-hydrogen) atoms. The third-order valence-corrected chi connectivity index (χ3v) is 6.30. The SMILES string of the molecule is Cc1ccc(C=CCCNc2ccccc2NC(Cc2ccc(C)cc2)C(=O)N2CCC2)cc1. The van der Waals surface area contributed by atoms with Crippen LogP contribution in [-0.4, -0.2) is 36.5 Å². The Labute approximate surface area is 203 Å². The predicted molar refractivity (Wildman–Crippen MR) is 143 cm³/mol. The minimum absolute atomic E-state index is 0.183. The van der Waals surface area contributed by atoms with Crippen molar-refractivity contribution in [2.75, 3.05) is 30.3 Å². The Morgan fingerprint density at radius 1 is 0.912 bits per heavy atom. The first-order valence-electron chi connectivity index (χ1n) is 12.3. The molecule has 1 fully saturated rings. The number of para-hydroxylation sites is 2. The first kappa shape index (κ1) is 23.6. The number of benzene rings is 3. The van der Waals surface area contributed by atoms with E-state index in [2.05, 4.69) is 97.3 Å². The van der Waals surface area contributed by atoms with Crippen molar-refractivity contribution in [3.05, 3.63) is 101 Å². The summed E-state index contributed by atoms with van der Waals surface area (Å²) >= 11 is 0. The lowest BCUT2D eigenvalue weighted by Crippen LogP contribution is -2.50. The van der Waals surface area contributed by atoms with E-state index in [9.17, 15) is 4.79 Å². The molecule has 4 rings (SSSR count). The van der Waals surface area contributed by atoms with E-state index < -0.39 is 0 Å². The summed E-state index contributed by atoms with van der Waals surface area (Å²) in [7, 11) is 0. The number of carbonyl (C=O) groups excluding carboxylic acids is 1. The van der Waals surface area contributed by atoms with Crippen molar-refractivity contribution in [3.63, 3.8) is 0 Å². The van der Waals surface area contributed by atoms with E-state index in [0.29, 0.717) is 6.42 Å². The summed E-state index contributed by atoms with van der Waals surface area (Å²) in [5.41, 5.74) is 6.89. The van der Waals surface area contributed by atoms with Crippen molar-refractivity contribution in [3.8, 4) is 0 Å². The molecule has 1 heterocycles. The van der Waals surface area contributed by atoms with Crippen LogP contribution < -0.4 is 10.6 Å². The Kier molecular flexibility index (Phi) is 8.03. The molecule has 1 aliphatic rings. The molecule has 1 amide bonds. The largest absolute Gasteiger partial charge is 0.383 e. The minimum atomic E-state index is -0.285. The fourth-order valence-electron chi connectivity index (χ4n) is 4.05. The van der Waals surface area contributed by atoms with E-state index in [0.717, 1.165) is 43.9 Å². The quantitative estimate of drug-likeness (QED) is 0.366. The summed E-state index contributed by atoms with van der Waals surface area (Å²) in [6.45, 7) is 6.73. The lowest BCUT2D eigenvalue weighted by atomic mass is 10.0. The highest BCUT2D eigenvalue weighted by Gasteiger charge is 2.28. The average Bonchev–Trinajstić information content (AvgIpc) is 2.81. The molecule has 1 unspecified atom stereocenters. The lowest BCUT2D eigenvalue weighted by Gasteiger charge is -2.35. The van der Waals surface area contributed by atoms with Crippen molar-refractivity contribution in [2.45, 2.75) is 39.2 Å². The second kappa shape index (κ2) is 11.6. The van der Waals surface area contributed by atoms with Crippen LogP contribution in [0.4, 0.5) is 11.4 Å². The normalized spacial score (nSPS) is 14.0. The molecule has 0 aromatic heterocycles. The standard InChI is InChI=1S/C30H35N3O/c1-23-11-15-25(16-12-23)8-5-6-19-31-27-9-3-4-10-28(27)32-29(30(34)33-20-7-21-33)22-26-17-13-24(2)14-18-26/h3-5,8-18,29,31-32H,6-7,19-22H2,1-2H3. The monoisotopic (exact) mass is 453 g/mol. The number of nitrogens with zero attached hydrogens (tertiary/aromatic N) is 1. The van der Waals surface area contributed by atoms with Gasteiger partial charge in [0.15, 0.2) is 0 Å². The summed E-state index contributed by atoms with van der Waals surface area (Å²) < 4.78 is 0. The zero-order valence-corrected chi connectivity index (χ0v) is 20.3. The second-order valence-electron chi connectivity index (χ2n) is 9.14. The Hall–Kier alpha value is -3.53. The number of hydrogen-bond acceptors (Lipinski definition) is 3. The van der Waals surface area contributed by atoms with Gasteiger partial charge in [-0.3, -0.25) is 4.79 Å². The number of carbonyl (C=O) groups is 1. The number of likely N-dealkylation sites (tertiary alicyclic amines) is 1. The molecule has 1 saturated heterocycles. The smallest absolute Gasteiger partial charge is 0.245 e. The van der Waals surface area contributed by atoms with Crippen molar-refractivity contribution >= 4 is 23.4 Å². The molecule has 3 aromatic carbocycles. The highest BCUT2D eigenvalue weighted by Crippen LogP contribution is 2.24. The van der Waals surface area contributed by atoms with Crippen LogP contribution in [0.5, 0.6) is 0 Å². The second-order valence-corrected chi connectivity index (χ2v) is 9.14. The first-order valence-corrected chi connectivity index (χ1v) is 12.3. The van der Waals surface area contributed by atoms with E-state index in [1.54, 1.807) is 0 Å². The van der Waals surface area contributed by atoms with Crippen LogP contribution in [0, 0.1) is 13.8 Å². The maximum atomic E-state index is 13.2. The molecule has 4 heteroatoms. The predicted octanol–water partition coefficient (Wildman–Crippen LogP) is 6.07. The van der Waals surface area contributed by atoms with E-state index in [-0.39, 0.29) is 11.9 Å². The molecule has 0 spiro atoms. The van der Waals surface area contributed by atoms with Crippen LogP contribution in [-0.2, 0) is 11.2 Å². The number of hydrogen-bond donors (Lipinski definition) is 2. The van der Waals surface area contributed by atoms with Crippen molar-refractivity contribution in [1.29, 1.82) is 0 Å². The van der Waals surface area contributed by atoms with Crippen LogP contribution >= 0.6 is 0 Å². The Morgan fingerprint density at radius 3 is 2.21 bits per heavy atom. The Balaban J connectivity index is 1.39. The van der Waals surface area contributed by atoms with Crippen LogP contribution in [0.3, 0.4) is 0 Å². The molecular weight excluding hydrogens is 418 g/mol. The number of nitrogens with one attached hydrogen (secondary N) is 2. The van der Waals surface area contributed by atoms with Gasteiger partial charge in [-0.25, -0.2) is 0 Å². The van der Waals surface area contributed by atoms with Gasteiger partial charge in [0.05, 0.1) is 11.4 Å². The maximum absolute atomic E-state index is 13.2. The van der Waals surface area contributed by atoms with Gasteiger partial charge in [-0.15, -0.1) is 0 Å². The molecule has 0 radical (unpaired) electrons. The Morgan fingerprint density at radius 2 is 1.56 bits per heavy atom. The van der Waals surface area contributed by atoms with Gasteiger partial charge >= 0.3 is 0 Å². The number of aryl methyl sites for hydroxylation is 2.